The van der Waals surface area contributed by atoms with Crippen LogP contribution >= 0.6 is 0 Å². The predicted molar refractivity (Wildman–Crippen MR) is 53.6 cm³/mol. The number of hydrogen-bond acceptors (Lipinski definition) is 2. The van der Waals surface area contributed by atoms with Crippen molar-refractivity contribution < 1.29 is 5.11 Å². The smallest absolute Gasteiger partial charge is 0.0693 e. The molecule has 0 aromatic heterocycles. The average Bonchev–Trinajstić information content (AvgIpc) is 2.17. The van der Waals surface area contributed by atoms with E-state index < -0.39 is 0 Å². The first kappa shape index (κ1) is 9.47. The molecule has 0 amide bonds. The molecule has 76 valence electrons. The van der Waals surface area contributed by atoms with E-state index in [1.807, 2.05) is 0 Å². The molecule has 2 rings (SSSR count). The van der Waals surface area contributed by atoms with Gasteiger partial charge in [0.25, 0.3) is 0 Å². The molecule has 0 bridgehead atoms. The van der Waals surface area contributed by atoms with E-state index in [0.29, 0.717) is 6.04 Å². The molecule has 0 aliphatic heterocycles. The van der Waals surface area contributed by atoms with Gasteiger partial charge in [0.1, 0.15) is 0 Å². The van der Waals surface area contributed by atoms with E-state index in [2.05, 4.69) is 5.32 Å². The summed E-state index contributed by atoms with van der Waals surface area (Å²) in [7, 11) is 0. The molecule has 0 unspecified atom stereocenters. The van der Waals surface area contributed by atoms with Gasteiger partial charge in [0.05, 0.1) is 6.10 Å². The van der Waals surface area contributed by atoms with Crippen LogP contribution in [0.4, 0.5) is 0 Å². The van der Waals surface area contributed by atoms with Gasteiger partial charge in [-0.2, -0.15) is 0 Å². The zero-order valence-electron chi connectivity index (χ0n) is 8.34. The second-order valence-electron chi connectivity index (χ2n) is 4.66. The highest BCUT2D eigenvalue weighted by molar-refractivity contribution is 4.87. The fourth-order valence-electron chi connectivity index (χ4n) is 2.43. The molecule has 2 atom stereocenters. The Morgan fingerprint density at radius 2 is 1.77 bits per heavy atom. The van der Waals surface area contributed by atoms with Crippen molar-refractivity contribution in [2.45, 2.75) is 57.1 Å². The Morgan fingerprint density at radius 3 is 2.31 bits per heavy atom. The molecule has 2 fully saturated rings. The monoisotopic (exact) mass is 183 g/mol. The molecule has 0 spiro atoms. The average molecular weight is 183 g/mol. The van der Waals surface area contributed by atoms with Crippen molar-refractivity contribution in [2.24, 2.45) is 5.92 Å². The topological polar surface area (TPSA) is 32.3 Å². The van der Waals surface area contributed by atoms with Crippen LogP contribution in [0, 0.1) is 5.92 Å². The van der Waals surface area contributed by atoms with Crippen LogP contribution < -0.4 is 5.32 Å². The molecule has 0 saturated heterocycles. The lowest BCUT2D eigenvalue weighted by atomic mass is 9.86. The van der Waals surface area contributed by atoms with Crippen LogP contribution in [0.5, 0.6) is 0 Å². The second kappa shape index (κ2) is 4.43. The Hall–Kier alpha value is -0.0800. The van der Waals surface area contributed by atoms with Gasteiger partial charge in [-0.25, -0.2) is 0 Å². The summed E-state index contributed by atoms with van der Waals surface area (Å²) >= 11 is 0. The molecular formula is C11H21NO. The third kappa shape index (κ3) is 2.44. The third-order valence-electron chi connectivity index (χ3n) is 3.63. The van der Waals surface area contributed by atoms with Crippen LogP contribution in [0.25, 0.3) is 0 Å². The standard InChI is InChI=1S/C11H21NO/c13-11-7-6-10(11)12-8-9-4-2-1-3-5-9/h9-13H,1-8H2/t10-,11-/m0/s1. The van der Waals surface area contributed by atoms with Crippen LogP contribution in [0.15, 0.2) is 0 Å². The molecule has 2 aliphatic rings. The van der Waals surface area contributed by atoms with Crippen molar-refractivity contribution in [3.8, 4) is 0 Å². The largest absolute Gasteiger partial charge is 0.392 e. The van der Waals surface area contributed by atoms with E-state index in [1.165, 1.54) is 38.5 Å². The van der Waals surface area contributed by atoms with Crippen LogP contribution in [0.3, 0.4) is 0 Å². The van der Waals surface area contributed by atoms with Crippen LogP contribution in [0.2, 0.25) is 0 Å². The molecule has 0 aromatic carbocycles. The number of nitrogens with one attached hydrogen (secondary N) is 1. The summed E-state index contributed by atoms with van der Waals surface area (Å²) < 4.78 is 0. The minimum atomic E-state index is -0.0522. The molecule has 2 nitrogen and oxygen atoms in total. The second-order valence-corrected chi connectivity index (χ2v) is 4.66. The van der Waals surface area contributed by atoms with Gasteiger partial charge in [0.2, 0.25) is 0 Å². The van der Waals surface area contributed by atoms with E-state index >= 15 is 0 Å². The lowest BCUT2D eigenvalue weighted by Crippen LogP contribution is -2.49. The van der Waals surface area contributed by atoms with Crippen LogP contribution in [-0.4, -0.2) is 23.8 Å². The maximum atomic E-state index is 9.37. The fourth-order valence-corrected chi connectivity index (χ4v) is 2.43. The molecule has 13 heavy (non-hydrogen) atoms. The molecule has 2 aliphatic carbocycles. The lowest BCUT2D eigenvalue weighted by molar-refractivity contribution is 0.0471. The first-order valence-electron chi connectivity index (χ1n) is 5.78. The highest BCUT2D eigenvalue weighted by Gasteiger charge is 2.28. The van der Waals surface area contributed by atoms with Gasteiger partial charge in [-0.15, -0.1) is 0 Å². The minimum Gasteiger partial charge on any atom is -0.392 e. The van der Waals surface area contributed by atoms with Gasteiger partial charge in [-0.3, -0.25) is 0 Å². The summed E-state index contributed by atoms with van der Waals surface area (Å²) in [6, 6.07) is 0.418. The SMILES string of the molecule is O[C@H]1CC[C@@H]1NCC1CCCCC1. The quantitative estimate of drug-likeness (QED) is 0.697. The van der Waals surface area contributed by atoms with Crippen molar-refractivity contribution in [3.63, 3.8) is 0 Å². The first-order valence-corrected chi connectivity index (χ1v) is 5.78. The van der Waals surface area contributed by atoms with Crippen molar-refractivity contribution in [1.82, 2.24) is 5.32 Å². The first-order chi connectivity index (χ1) is 6.36. The number of rotatable bonds is 3. The summed E-state index contributed by atoms with van der Waals surface area (Å²) in [5.41, 5.74) is 0. The zero-order valence-corrected chi connectivity index (χ0v) is 8.34. The normalized spacial score (nSPS) is 35.8. The molecule has 2 heteroatoms. The lowest BCUT2D eigenvalue weighted by Gasteiger charge is -2.35. The molecular weight excluding hydrogens is 162 g/mol. The minimum absolute atomic E-state index is 0.0522. The Morgan fingerprint density at radius 1 is 1.00 bits per heavy atom. The number of aliphatic hydroxyl groups excluding tert-OH is 1. The summed E-state index contributed by atoms with van der Waals surface area (Å²) in [5, 5.41) is 12.9. The summed E-state index contributed by atoms with van der Waals surface area (Å²) in [4.78, 5) is 0. The Bertz CT molecular complexity index is 154. The van der Waals surface area contributed by atoms with Gasteiger partial charge >= 0.3 is 0 Å². The van der Waals surface area contributed by atoms with Gasteiger partial charge in [-0.1, -0.05) is 19.3 Å². The Labute approximate surface area is 80.7 Å². The highest BCUT2D eigenvalue weighted by Crippen LogP contribution is 2.24. The zero-order chi connectivity index (χ0) is 9.10. The predicted octanol–water partition coefficient (Wildman–Crippen LogP) is 1.68. The van der Waals surface area contributed by atoms with Gasteiger partial charge in [0, 0.05) is 6.04 Å². The molecule has 0 aromatic rings. The van der Waals surface area contributed by atoms with Crippen LogP contribution in [0.1, 0.15) is 44.9 Å². The number of aliphatic hydroxyl groups is 1. The van der Waals surface area contributed by atoms with E-state index in [1.54, 1.807) is 0 Å². The van der Waals surface area contributed by atoms with Crippen molar-refractivity contribution in [1.29, 1.82) is 0 Å². The summed E-state index contributed by atoms with van der Waals surface area (Å²) in [5.74, 6) is 0.890. The van der Waals surface area contributed by atoms with Gasteiger partial charge < -0.3 is 10.4 Å². The maximum absolute atomic E-state index is 9.37. The molecule has 0 heterocycles. The summed E-state index contributed by atoms with van der Waals surface area (Å²) in [6.45, 7) is 1.14. The fraction of sp³-hybridized carbons (Fsp3) is 1.00. The van der Waals surface area contributed by atoms with E-state index in [0.717, 1.165) is 18.9 Å². The van der Waals surface area contributed by atoms with E-state index in [9.17, 15) is 5.11 Å². The van der Waals surface area contributed by atoms with Gasteiger partial charge in [0.15, 0.2) is 0 Å². The summed E-state index contributed by atoms with van der Waals surface area (Å²) in [6.07, 6.45) is 9.19. The molecule has 2 saturated carbocycles. The van der Waals surface area contributed by atoms with Crippen molar-refractivity contribution >= 4 is 0 Å². The maximum Gasteiger partial charge on any atom is 0.0693 e. The highest BCUT2D eigenvalue weighted by atomic mass is 16.3. The van der Waals surface area contributed by atoms with Gasteiger partial charge in [-0.05, 0) is 38.1 Å². The van der Waals surface area contributed by atoms with E-state index in [4.69, 9.17) is 0 Å². The van der Waals surface area contributed by atoms with Crippen molar-refractivity contribution in [2.75, 3.05) is 6.54 Å². The Kier molecular flexibility index (Phi) is 3.23. The van der Waals surface area contributed by atoms with Crippen molar-refractivity contribution in [3.05, 3.63) is 0 Å². The van der Waals surface area contributed by atoms with Crippen LogP contribution in [-0.2, 0) is 0 Å². The number of hydrogen-bond donors (Lipinski definition) is 2. The molecule has 2 N–H and O–H groups in total. The van der Waals surface area contributed by atoms with E-state index in [-0.39, 0.29) is 6.10 Å². The third-order valence-corrected chi connectivity index (χ3v) is 3.63. The molecule has 0 radical (unpaired) electrons. The Balaban J connectivity index is 1.61.